The number of anilines is 3. The van der Waals surface area contributed by atoms with Gasteiger partial charge in [0.2, 0.25) is 0 Å². The minimum atomic E-state index is 1.06. The van der Waals surface area contributed by atoms with Crippen molar-refractivity contribution in [2.75, 3.05) is 4.90 Å². The zero-order chi connectivity index (χ0) is 33.8. The highest BCUT2D eigenvalue weighted by Crippen LogP contribution is 2.35. The van der Waals surface area contributed by atoms with Gasteiger partial charge >= 0.3 is 0 Å². The average Bonchev–Trinajstić information content (AvgIpc) is 3.17. The second kappa shape index (κ2) is 16.4. The predicted octanol–water partition coefficient (Wildman–Crippen LogP) is 13.4. The van der Waals surface area contributed by atoms with Gasteiger partial charge in [0.25, 0.3) is 0 Å². The molecule has 0 fully saturated rings. The van der Waals surface area contributed by atoms with Crippen molar-refractivity contribution in [3.8, 4) is 0 Å². The number of benzene rings is 6. The highest BCUT2D eigenvalue weighted by Gasteiger charge is 2.12. The zero-order valence-electron chi connectivity index (χ0n) is 28.9. The van der Waals surface area contributed by atoms with E-state index in [1.807, 2.05) is 0 Å². The fraction of sp³-hybridized carbons (Fsp3) is 0.125. The molecule has 0 aromatic heterocycles. The van der Waals surface area contributed by atoms with Crippen LogP contribution in [0.5, 0.6) is 0 Å². The topological polar surface area (TPSA) is 3.24 Å². The maximum absolute atomic E-state index is 2.32. The van der Waals surface area contributed by atoms with Gasteiger partial charge in [0.1, 0.15) is 0 Å². The number of aryl methyl sites for hydroxylation is 3. The lowest BCUT2D eigenvalue weighted by molar-refractivity contribution is 1.14. The van der Waals surface area contributed by atoms with Crippen LogP contribution in [0.3, 0.4) is 0 Å². The summed E-state index contributed by atoms with van der Waals surface area (Å²) < 4.78 is 0. The molecule has 6 aromatic carbocycles. The fourth-order valence-corrected chi connectivity index (χ4v) is 5.82. The Labute approximate surface area is 293 Å². The number of rotatable bonds is 12. The third-order valence-corrected chi connectivity index (χ3v) is 9.02. The molecule has 6 rings (SSSR count). The average molecular weight is 636 g/mol. The molecule has 0 aliphatic heterocycles. The first-order valence-corrected chi connectivity index (χ1v) is 17.5. The van der Waals surface area contributed by atoms with Crippen LogP contribution >= 0.6 is 0 Å². The minimum Gasteiger partial charge on any atom is -0.311 e. The SMILES string of the molecule is CCc1ccc(C=Cc2ccc(N(c3ccc(C=Cc4ccc(CC)cc4)cc3)c3ccc(C=Cc4ccc(CC)cc4)cc3)cc2)cc1. The van der Waals surface area contributed by atoms with Crippen molar-refractivity contribution in [3.63, 3.8) is 0 Å². The fourth-order valence-electron chi connectivity index (χ4n) is 5.82. The van der Waals surface area contributed by atoms with Gasteiger partial charge in [0, 0.05) is 17.1 Å². The van der Waals surface area contributed by atoms with Crippen molar-refractivity contribution in [3.05, 3.63) is 196 Å². The number of hydrogen-bond donors (Lipinski definition) is 0. The van der Waals surface area contributed by atoms with Crippen LogP contribution < -0.4 is 4.90 Å². The van der Waals surface area contributed by atoms with Gasteiger partial charge in [-0.05, 0) is 106 Å². The van der Waals surface area contributed by atoms with Crippen molar-refractivity contribution in [1.82, 2.24) is 0 Å². The molecule has 0 N–H and O–H groups in total. The van der Waals surface area contributed by atoms with Crippen LogP contribution in [-0.2, 0) is 19.3 Å². The van der Waals surface area contributed by atoms with Gasteiger partial charge in [-0.1, -0.05) is 166 Å². The Bertz CT molecular complexity index is 1750. The van der Waals surface area contributed by atoms with Gasteiger partial charge in [0.15, 0.2) is 0 Å². The smallest absolute Gasteiger partial charge is 0.0462 e. The lowest BCUT2D eigenvalue weighted by Crippen LogP contribution is -2.09. The van der Waals surface area contributed by atoms with E-state index in [9.17, 15) is 0 Å². The van der Waals surface area contributed by atoms with Crippen molar-refractivity contribution in [2.24, 2.45) is 0 Å². The van der Waals surface area contributed by atoms with Crippen LogP contribution in [0.2, 0.25) is 0 Å². The molecule has 1 nitrogen and oxygen atoms in total. The summed E-state index contributed by atoms with van der Waals surface area (Å²) in [6, 6.07) is 52.8. The van der Waals surface area contributed by atoms with Gasteiger partial charge in [-0.15, -0.1) is 0 Å². The second-order valence-corrected chi connectivity index (χ2v) is 12.4. The standard InChI is InChI=1S/C48H45N/c1-4-37-7-13-40(14-8-37)19-22-43-25-31-46(32-26-43)49(47-33-27-44(28-34-47)23-20-41-15-9-38(5-2)10-16-41)48-35-29-45(30-36-48)24-21-42-17-11-39(6-3)12-18-42/h7-36H,4-6H2,1-3H3. The van der Waals surface area contributed by atoms with Crippen LogP contribution in [-0.4, -0.2) is 0 Å². The summed E-state index contributed by atoms with van der Waals surface area (Å²) in [5.74, 6) is 0. The molecule has 49 heavy (non-hydrogen) atoms. The molecule has 0 radical (unpaired) electrons. The molecular weight excluding hydrogens is 591 g/mol. The largest absolute Gasteiger partial charge is 0.311 e. The first-order valence-electron chi connectivity index (χ1n) is 17.5. The summed E-state index contributed by atoms with van der Waals surface area (Å²) in [5.41, 5.74) is 14.6. The Morgan fingerprint density at radius 3 is 0.653 bits per heavy atom. The van der Waals surface area contributed by atoms with E-state index >= 15 is 0 Å². The van der Waals surface area contributed by atoms with Gasteiger partial charge in [0.05, 0.1) is 0 Å². The summed E-state index contributed by atoms with van der Waals surface area (Å²) in [5, 5.41) is 0. The van der Waals surface area contributed by atoms with Crippen molar-refractivity contribution in [2.45, 2.75) is 40.0 Å². The lowest BCUT2D eigenvalue weighted by Gasteiger charge is -2.26. The van der Waals surface area contributed by atoms with Crippen LogP contribution in [0, 0.1) is 0 Å². The van der Waals surface area contributed by atoms with Gasteiger partial charge in [-0.25, -0.2) is 0 Å². The van der Waals surface area contributed by atoms with E-state index in [1.54, 1.807) is 0 Å². The Hall–Kier alpha value is -5.66. The van der Waals surface area contributed by atoms with E-state index in [-0.39, 0.29) is 0 Å². The van der Waals surface area contributed by atoms with Crippen molar-refractivity contribution in [1.29, 1.82) is 0 Å². The lowest BCUT2D eigenvalue weighted by atomic mass is 10.1. The normalized spacial score (nSPS) is 11.6. The molecule has 0 spiro atoms. The predicted molar refractivity (Wildman–Crippen MR) is 215 cm³/mol. The zero-order valence-corrected chi connectivity index (χ0v) is 28.9. The van der Waals surface area contributed by atoms with Crippen LogP contribution in [0.25, 0.3) is 36.5 Å². The first-order chi connectivity index (χ1) is 24.1. The van der Waals surface area contributed by atoms with Gasteiger partial charge in [-0.2, -0.15) is 0 Å². The summed E-state index contributed by atoms with van der Waals surface area (Å²) >= 11 is 0. The third kappa shape index (κ3) is 9.03. The molecule has 0 amide bonds. The molecule has 242 valence electrons. The summed E-state index contributed by atoms with van der Waals surface area (Å²) in [6.07, 6.45) is 16.3. The Morgan fingerprint density at radius 2 is 0.469 bits per heavy atom. The van der Waals surface area contributed by atoms with E-state index in [0.717, 1.165) is 36.3 Å². The third-order valence-electron chi connectivity index (χ3n) is 9.02. The Morgan fingerprint density at radius 1 is 0.286 bits per heavy atom. The Kier molecular flexibility index (Phi) is 11.2. The van der Waals surface area contributed by atoms with Crippen molar-refractivity contribution < 1.29 is 0 Å². The summed E-state index contributed by atoms with van der Waals surface area (Å²) in [7, 11) is 0. The van der Waals surface area contributed by atoms with Crippen LogP contribution in [0.1, 0.15) is 70.8 Å². The van der Waals surface area contributed by atoms with Crippen LogP contribution in [0.4, 0.5) is 17.1 Å². The molecule has 0 aliphatic carbocycles. The molecule has 0 saturated heterocycles. The molecule has 6 aromatic rings. The highest BCUT2D eigenvalue weighted by molar-refractivity contribution is 5.80. The molecule has 0 bridgehead atoms. The first kappa shape index (κ1) is 33.2. The summed E-state index contributed by atoms with van der Waals surface area (Å²) in [6.45, 7) is 6.56. The number of nitrogens with zero attached hydrogens (tertiary/aromatic N) is 1. The van der Waals surface area contributed by atoms with Gasteiger partial charge < -0.3 is 4.90 Å². The van der Waals surface area contributed by atoms with Crippen molar-refractivity contribution >= 4 is 53.5 Å². The molecular formula is C48H45N. The minimum absolute atomic E-state index is 1.06. The second-order valence-electron chi connectivity index (χ2n) is 12.4. The highest BCUT2D eigenvalue weighted by atomic mass is 15.1. The molecule has 0 unspecified atom stereocenters. The molecule has 1 heteroatoms. The quantitative estimate of drug-likeness (QED) is 0.121. The maximum atomic E-state index is 2.32. The summed E-state index contributed by atoms with van der Waals surface area (Å²) in [4.78, 5) is 2.32. The number of hydrogen-bond acceptors (Lipinski definition) is 1. The van der Waals surface area contributed by atoms with E-state index in [4.69, 9.17) is 0 Å². The van der Waals surface area contributed by atoms with E-state index in [1.165, 1.54) is 50.1 Å². The molecule has 0 saturated carbocycles. The van der Waals surface area contributed by atoms with Gasteiger partial charge in [-0.3, -0.25) is 0 Å². The van der Waals surface area contributed by atoms with E-state index in [2.05, 4.69) is 208 Å². The Balaban J connectivity index is 1.25. The molecule has 0 atom stereocenters. The van der Waals surface area contributed by atoms with Crippen LogP contribution in [0.15, 0.2) is 146 Å². The van der Waals surface area contributed by atoms with E-state index in [0.29, 0.717) is 0 Å². The molecule has 0 heterocycles. The maximum Gasteiger partial charge on any atom is 0.0462 e. The van der Waals surface area contributed by atoms with E-state index < -0.39 is 0 Å². The molecule has 0 aliphatic rings. The monoisotopic (exact) mass is 635 g/mol.